The number of carbonyl (C=O) groups excluding carboxylic acids is 3. The highest BCUT2D eigenvalue weighted by molar-refractivity contribution is 5.96. The van der Waals surface area contributed by atoms with E-state index >= 15 is 0 Å². The van der Waals surface area contributed by atoms with Crippen LogP contribution in [-0.4, -0.2) is 58.6 Å². The van der Waals surface area contributed by atoms with Crippen LogP contribution in [0.5, 0.6) is 0 Å². The standard InChI is InChI=1S/C19H25N3O3/c23-17-9-2-1-5-11-22(17)14-18(24)21-12-6-7-15(13-21)19(25)16-8-3-4-10-20-16/h3-4,8,10,15H,1-2,5-7,9,11-14H2/t15-/m0/s1. The van der Waals surface area contributed by atoms with E-state index in [1.54, 1.807) is 34.2 Å². The smallest absolute Gasteiger partial charge is 0.242 e. The molecular weight excluding hydrogens is 318 g/mol. The summed E-state index contributed by atoms with van der Waals surface area (Å²) in [7, 11) is 0. The van der Waals surface area contributed by atoms with Crippen LogP contribution in [0, 0.1) is 5.92 Å². The quantitative estimate of drug-likeness (QED) is 0.783. The van der Waals surface area contributed by atoms with Crippen molar-refractivity contribution in [1.29, 1.82) is 0 Å². The Morgan fingerprint density at radius 2 is 2.00 bits per heavy atom. The lowest BCUT2D eigenvalue weighted by atomic mass is 9.92. The van der Waals surface area contributed by atoms with Crippen molar-refractivity contribution in [3.8, 4) is 0 Å². The van der Waals surface area contributed by atoms with Gasteiger partial charge in [0, 0.05) is 38.2 Å². The van der Waals surface area contributed by atoms with E-state index in [0.717, 1.165) is 32.1 Å². The lowest BCUT2D eigenvalue weighted by Gasteiger charge is -2.33. The molecule has 1 atom stereocenters. The number of ketones is 1. The fraction of sp³-hybridized carbons (Fsp3) is 0.579. The van der Waals surface area contributed by atoms with Crippen molar-refractivity contribution >= 4 is 17.6 Å². The van der Waals surface area contributed by atoms with Crippen molar-refractivity contribution in [2.45, 2.75) is 38.5 Å². The highest BCUT2D eigenvalue weighted by Crippen LogP contribution is 2.21. The third-order valence-corrected chi connectivity index (χ3v) is 5.06. The van der Waals surface area contributed by atoms with E-state index < -0.39 is 0 Å². The number of Topliss-reactive ketones (excluding diaryl/α,β-unsaturated/α-hetero) is 1. The molecule has 134 valence electrons. The van der Waals surface area contributed by atoms with Crippen LogP contribution in [0.4, 0.5) is 0 Å². The average molecular weight is 343 g/mol. The molecule has 2 saturated heterocycles. The molecule has 6 nitrogen and oxygen atoms in total. The summed E-state index contributed by atoms with van der Waals surface area (Å²) in [6.45, 7) is 1.89. The van der Waals surface area contributed by atoms with Crippen molar-refractivity contribution in [3.05, 3.63) is 30.1 Å². The number of amides is 2. The van der Waals surface area contributed by atoms with E-state index in [0.29, 0.717) is 31.7 Å². The van der Waals surface area contributed by atoms with Crippen LogP contribution in [0.3, 0.4) is 0 Å². The summed E-state index contributed by atoms with van der Waals surface area (Å²) in [6, 6.07) is 5.31. The summed E-state index contributed by atoms with van der Waals surface area (Å²) in [5, 5.41) is 0. The van der Waals surface area contributed by atoms with E-state index in [4.69, 9.17) is 0 Å². The minimum Gasteiger partial charge on any atom is -0.340 e. The van der Waals surface area contributed by atoms with E-state index in [9.17, 15) is 14.4 Å². The first-order valence-electron chi connectivity index (χ1n) is 9.16. The third-order valence-electron chi connectivity index (χ3n) is 5.06. The number of hydrogen-bond donors (Lipinski definition) is 0. The predicted molar refractivity (Wildman–Crippen MR) is 92.9 cm³/mol. The highest BCUT2D eigenvalue weighted by Gasteiger charge is 2.30. The van der Waals surface area contributed by atoms with E-state index in [-0.39, 0.29) is 30.1 Å². The van der Waals surface area contributed by atoms with Crippen LogP contribution in [-0.2, 0) is 9.59 Å². The molecule has 2 aliphatic rings. The van der Waals surface area contributed by atoms with Gasteiger partial charge in [-0.3, -0.25) is 19.4 Å². The molecule has 3 rings (SSSR count). The van der Waals surface area contributed by atoms with E-state index in [2.05, 4.69) is 4.98 Å². The molecular formula is C19H25N3O3. The molecule has 25 heavy (non-hydrogen) atoms. The Kier molecular flexibility index (Phi) is 5.79. The number of nitrogens with zero attached hydrogens (tertiary/aromatic N) is 3. The van der Waals surface area contributed by atoms with Crippen LogP contribution in [0.15, 0.2) is 24.4 Å². The molecule has 1 aromatic heterocycles. The summed E-state index contributed by atoms with van der Waals surface area (Å²) in [6.07, 6.45) is 6.65. The fourth-order valence-electron chi connectivity index (χ4n) is 3.60. The molecule has 2 amide bonds. The summed E-state index contributed by atoms with van der Waals surface area (Å²) in [4.78, 5) is 44.9. The molecule has 0 unspecified atom stereocenters. The normalized spacial score (nSPS) is 21.8. The number of hydrogen-bond acceptors (Lipinski definition) is 4. The van der Waals surface area contributed by atoms with Gasteiger partial charge in [-0.15, -0.1) is 0 Å². The molecule has 0 radical (unpaired) electrons. The minimum atomic E-state index is -0.201. The Labute approximate surface area is 148 Å². The van der Waals surface area contributed by atoms with Gasteiger partial charge in [0.25, 0.3) is 0 Å². The Hall–Kier alpha value is -2.24. The van der Waals surface area contributed by atoms with E-state index in [1.807, 2.05) is 0 Å². The number of aromatic nitrogens is 1. The number of pyridine rings is 1. The second-order valence-electron chi connectivity index (χ2n) is 6.88. The molecule has 1 aromatic rings. The van der Waals surface area contributed by atoms with Crippen molar-refractivity contribution < 1.29 is 14.4 Å². The summed E-state index contributed by atoms with van der Waals surface area (Å²) in [5.41, 5.74) is 0.462. The summed E-state index contributed by atoms with van der Waals surface area (Å²) >= 11 is 0. The third kappa shape index (κ3) is 4.44. The first kappa shape index (κ1) is 17.6. The van der Waals surface area contributed by atoms with Gasteiger partial charge in [0.1, 0.15) is 5.69 Å². The van der Waals surface area contributed by atoms with Crippen molar-refractivity contribution in [3.63, 3.8) is 0 Å². The van der Waals surface area contributed by atoms with Crippen molar-refractivity contribution in [2.24, 2.45) is 5.92 Å². The van der Waals surface area contributed by atoms with E-state index in [1.165, 1.54) is 0 Å². The maximum atomic E-state index is 12.6. The highest BCUT2D eigenvalue weighted by atomic mass is 16.2. The van der Waals surface area contributed by atoms with Gasteiger partial charge in [0.05, 0.1) is 6.54 Å². The number of piperidine rings is 1. The van der Waals surface area contributed by atoms with Gasteiger partial charge < -0.3 is 9.80 Å². The van der Waals surface area contributed by atoms with Crippen molar-refractivity contribution in [2.75, 3.05) is 26.2 Å². The fourth-order valence-corrected chi connectivity index (χ4v) is 3.60. The second kappa shape index (κ2) is 8.23. The molecule has 0 spiro atoms. The minimum absolute atomic E-state index is 0.00366. The molecule has 0 bridgehead atoms. The zero-order valence-electron chi connectivity index (χ0n) is 14.5. The monoisotopic (exact) mass is 343 g/mol. The van der Waals surface area contributed by atoms with Gasteiger partial charge in [-0.05, 0) is 37.8 Å². The maximum Gasteiger partial charge on any atom is 0.242 e. The number of rotatable bonds is 4. The SMILES string of the molecule is O=C(c1ccccn1)[C@H]1CCCN(C(=O)CN2CCCCCC2=O)C1. The van der Waals surface area contributed by atoms with Crippen LogP contribution in [0.2, 0.25) is 0 Å². The largest absolute Gasteiger partial charge is 0.340 e. The Morgan fingerprint density at radius 1 is 1.12 bits per heavy atom. The summed E-state index contributed by atoms with van der Waals surface area (Å²) < 4.78 is 0. The Balaban J connectivity index is 1.59. The number of likely N-dealkylation sites (tertiary alicyclic amines) is 2. The van der Waals surface area contributed by atoms with Gasteiger partial charge in [-0.2, -0.15) is 0 Å². The Morgan fingerprint density at radius 3 is 2.80 bits per heavy atom. The lowest BCUT2D eigenvalue weighted by Crippen LogP contribution is -2.47. The number of carbonyl (C=O) groups is 3. The first-order valence-corrected chi connectivity index (χ1v) is 9.16. The molecule has 0 N–H and O–H groups in total. The average Bonchev–Trinajstić information content (AvgIpc) is 2.86. The van der Waals surface area contributed by atoms with Crippen LogP contribution >= 0.6 is 0 Å². The zero-order chi connectivity index (χ0) is 17.6. The molecule has 6 heteroatoms. The van der Waals surface area contributed by atoms with Gasteiger partial charge in [-0.25, -0.2) is 0 Å². The van der Waals surface area contributed by atoms with Crippen LogP contribution in [0.1, 0.15) is 49.0 Å². The molecule has 0 saturated carbocycles. The van der Waals surface area contributed by atoms with Crippen molar-refractivity contribution in [1.82, 2.24) is 14.8 Å². The molecule has 3 heterocycles. The first-order chi connectivity index (χ1) is 12.1. The van der Waals surface area contributed by atoms with Gasteiger partial charge in [-0.1, -0.05) is 12.5 Å². The molecule has 0 aromatic carbocycles. The van der Waals surface area contributed by atoms with Crippen LogP contribution < -0.4 is 0 Å². The predicted octanol–water partition coefficient (Wildman–Crippen LogP) is 1.91. The molecule has 2 aliphatic heterocycles. The summed E-state index contributed by atoms with van der Waals surface area (Å²) in [5.74, 6) is -0.172. The zero-order valence-corrected chi connectivity index (χ0v) is 14.5. The molecule has 0 aliphatic carbocycles. The molecule has 2 fully saturated rings. The lowest BCUT2D eigenvalue weighted by molar-refractivity contribution is -0.141. The van der Waals surface area contributed by atoms with Gasteiger partial charge >= 0.3 is 0 Å². The maximum absolute atomic E-state index is 12.6. The topological polar surface area (TPSA) is 70.6 Å². The van der Waals surface area contributed by atoms with Gasteiger partial charge in [0.15, 0.2) is 5.78 Å². The van der Waals surface area contributed by atoms with Gasteiger partial charge in [0.2, 0.25) is 11.8 Å². The Bertz CT molecular complexity index is 632. The van der Waals surface area contributed by atoms with Crippen LogP contribution in [0.25, 0.3) is 0 Å². The second-order valence-corrected chi connectivity index (χ2v) is 6.88.